The van der Waals surface area contributed by atoms with Gasteiger partial charge in [0, 0.05) is 12.5 Å². The number of nitrogens with zero attached hydrogens (tertiary/aromatic N) is 1. The first-order valence-electron chi connectivity index (χ1n) is 12.5. The van der Waals surface area contributed by atoms with Crippen molar-refractivity contribution >= 4 is 17.8 Å². The minimum absolute atomic E-state index is 0.0329. The Bertz CT molecular complexity index is 950. The minimum Gasteiger partial charge on any atom is -0.480 e. The Balaban J connectivity index is 1.76. The molecule has 0 spiro atoms. The van der Waals surface area contributed by atoms with Crippen LogP contribution in [0.5, 0.6) is 0 Å². The van der Waals surface area contributed by atoms with Gasteiger partial charge in [0.15, 0.2) is 0 Å². The van der Waals surface area contributed by atoms with E-state index in [4.69, 9.17) is 4.74 Å². The molecule has 1 aliphatic rings. The van der Waals surface area contributed by atoms with E-state index in [9.17, 15) is 19.5 Å². The largest absolute Gasteiger partial charge is 0.480 e. The predicted octanol–water partition coefficient (Wildman–Crippen LogP) is 3.78. The van der Waals surface area contributed by atoms with Crippen molar-refractivity contribution in [3.8, 4) is 0 Å². The smallest absolute Gasteiger partial charge is 0.323 e. The van der Waals surface area contributed by atoms with Crippen LogP contribution in [-0.2, 0) is 25.5 Å². The number of likely N-dealkylation sites (tertiary alicyclic amines) is 1. The van der Waals surface area contributed by atoms with Crippen molar-refractivity contribution in [1.82, 2.24) is 10.2 Å². The highest BCUT2D eigenvalue weighted by Gasteiger charge is 2.35. The molecule has 1 fully saturated rings. The quantitative estimate of drug-likeness (QED) is 0.355. The fourth-order valence-electron chi connectivity index (χ4n) is 4.50. The molecule has 1 amide bonds. The molecule has 2 unspecified atom stereocenters. The van der Waals surface area contributed by atoms with Crippen LogP contribution in [0.4, 0.5) is 0 Å². The Labute approximate surface area is 207 Å². The number of aliphatic carboxylic acids is 1. The van der Waals surface area contributed by atoms with E-state index in [-0.39, 0.29) is 24.3 Å². The number of ether oxygens (including phenoxy) is 1. The van der Waals surface area contributed by atoms with E-state index < -0.39 is 18.1 Å². The Morgan fingerprint density at radius 3 is 2.43 bits per heavy atom. The number of carboxylic acid groups (broad SMARTS) is 1. The summed E-state index contributed by atoms with van der Waals surface area (Å²) in [7, 11) is 0. The third-order valence-electron chi connectivity index (χ3n) is 6.45. The Morgan fingerprint density at radius 1 is 1.09 bits per heavy atom. The third kappa shape index (κ3) is 8.21. The molecule has 3 atom stereocenters. The molecule has 3 rings (SSSR count). The molecule has 2 N–H and O–H groups in total. The van der Waals surface area contributed by atoms with E-state index in [1.807, 2.05) is 67.6 Å². The highest BCUT2D eigenvalue weighted by molar-refractivity contribution is 5.86. The average Bonchev–Trinajstić information content (AvgIpc) is 3.01. The second-order valence-corrected chi connectivity index (χ2v) is 9.11. The van der Waals surface area contributed by atoms with Crippen molar-refractivity contribution in [3.05, 3.63) is 71.8 Å². The Morgan fingerprint density at radius 2 is 1.77 bits per heavy atom. The van der Waals surface area contributed by atoms with E-state index in [0.29, 0.717) is 38.8 Å². The first kappa shape index (κ1) is 26.4. The number of carboxylic acids is 1. The van der Waals surface area contributed by atoms with E-state index in [1.54, 1.807) is 0 Å². The SMILES string of the molecule is CCCCOC(=O)[C@H](CCc1ccccc1)NC1CCC(c2ccccc2)CN(CC(=O)O)C1=O. The summed E-state index contributed by atoms with van der Waals surface area (Å²) in [6, 6.07) is 18.4. The maximum Gasteiger partial charge on any atom is 0.323 e. The summed E-state index contributed by atoms with van der Waals surface area (Å²) in [4.78, 5) is 39.3. The molecule has 0 aromatic heterocycles. The summed E-state index contributed by atoms with van der Waals surface area (Å²) in [5, 5.41) is 12.7. The molecule has 0 radical (unpaired) electrons. The zero-order valence-corrected chi connectivity index (χ0v) is 20.4. The van der Waals surface area contributed by atoms with Crippen molar-refractivity contribution in [2.45, 2.75) is 63.5 Å². The monoisotopic (exact) mass is 480 g/mol. The lowest BCUT2D eigenvalue weighted by atomic mass is 9.93. The molecule has 0 saturated carbocycles. The van der Waals surface area contributed by atoms with Crippen LogP contribution in [0.25, 0.3) is 0 Å². The van der Waals surface area contributed by atoms with Gasteiger partial charge in [-0.15, -0.1) is 0 Å². The molecule has 1 saturated heterocycles. The fourth-order valence-corrected chi connectivity index (χ4v) is 4.50. The zero-order valence-electron chi connectivity index (χ0n) is 20.4. The van der Waals surface area contributed by atoms with Gasteiger partial charge >= 0.3 is 11.9 Å². The zero-order chi connectivity index (χ0) is 25.0. The number of hydrogen-bond acceptors (Lipinski definition) is 5. The number of amides is 1. The first-order valence-corrected chi connectivity index (χ1v) is 12.5. The van der Waals surface area contributed by atoms with Gasteiger partial charge in [0.1, 0.15) is 12.6 Å². The number of benzene rings is 2. The maximum absolute atomic E-state index is 13.4. The van der Waals surface area contributed by atoms with Gasteiger partial charge in [0.05, 0.1) is 12.6 Å². The normalized spacial score (nSPS) is 19.1. The highest BCUT2D eigenvalue weighted by Crippen LogP contribution is 2.27. The van der Waals surface area contributed by atoms with Crippen LogP contribution in [0.15, 0.2) is 60.7 Å². The van der Waals surface area contributed by atoms with E-state index >= 15 is 0 Å². The lowest BCUT2D eigenvalue weighted by Gasteiger charge is -2.27. The van der Waals surface area contributed by atoms with Crippen molar-refractivity contribution in [2.75, 3.05) is 19.7 Å². The van der Waals surface area contributed by atoms with Crippen molar-refractivity contribution in [1.29, 1.82) is 0 Å². The summed E-state index contributed by atoms with van der Waals surface area (Å²) in [6.45, 7) is 2.35. The molecular weight excluding hydrogens is 444 g/mol. The Kier molecular flexibility index (Phi) is 10.3. The summed E-state index contributed by atoms with van der Waals surface area (Å²) in [5.74, 6) is -1.66. The van der Waals surface area contributed by atoms with Crippen LogP contribution in [0.2, 0.25) is 0 Å². The second kappa shape index (κ2) is 13.6. The van der Waals surface area contributed by atoms with Crippen LogP contribution < -0.4 is 5.32 Å². The molecule has 0 bridgehead atoms. The molecule has 1 aliphatic heterocycles. The van der Waals surface area contributed by atoms with Gasteiger partial charge < -0.3 is 14.7 Å². The number of unbranched alkanes of at least 4 members (excludes halogenated alkanes) is 1. The topological polar surface area (TPSA) is 95.9 Å². The van der Waals surface area contributed by atoms with E-state index in [2.05, 4.69) is 5.32 Å². The van der Waals surface area contributed by atoms with Crippen molar-refractivity contribution in [2.24, 2.45) is 0 Å². The minimum atomic E-state index is -1.05. The molecule has 2 aromatic carbocycles. The predicted molar refractivity (Wildman–Crippen MR) is 134 cm³/mol. The summed E-state index contributed by atoms with van der Waals surface area (Å²) >= 11 is 0. The summed E-state index contributed by atoms with van der Waals surface area (Å²) in [5.41, 5.74) is 2.18. The molecular formula is C28H36N2O5. The third-order valence-corrected chi connectivity index (χ3v) is 6.45. The van der Waals surface area contributed by atoms with Crippen LogP contribution in [0, 0.1) is 0 Å². The van der Waals surface area contributed by atoms with Gasteiger partial charge in [-0.1, -0.05) is 74.0 Å². The maximum atomic E-state index is 13.4. The van der Waals surface area contributed by atoms with Gasteiger partial charge in [-0.2, -0.15) is 0 Å². The van der Waals surface area contributed by atoms with E-state index in [0.717, 1.165) is 24.0 Å². The molecule has 0 aliphatic carbocycles. The van der Waals surface area contributed by atoms with Crippen LogP contribution >= 0.6 is 0 Å². The lowest BCUT2D eigenvalue weighted by molar-refractivity contribution is -0.148. The van der Waals surface area contributed by atoms with Gasteiger partial charge in [-0.05, 0) is 43.2 Å². The van der Waals surface area contributed by atoms with Crippen LogP contribution in [0.3, 0.4) is 0 Å². The van der Waals surface area contributed by atoms with Crippen molar-refractivity contribution < 1.29 is 24.2 Å². The second-order valence-electron chi connectivity index (χ2n) is 9.11. The number of hydrogen-bond donors (Lipinski definition) is 2. The van der Waals surface area contributed by atoms with Gasteiger partial charge in [-0.3, -0.25) is 19.7 Å². The summed E-state index contributed by atoms with van der Waals surface area (Å²) < 4.78 is 5.50. The number of esters is 1. The molecule has 188 valence electrons. The number of nitrogens with one attached hydrogen (secondary N) is 1. The number of carbonyl (C=O) groups is 3. The molecule has 35 heavy (non-hydrogen) atoms. The molecule has 7 heteroatoms. The number of carbonyl (C=O) groups excluding carboxylic acids is 2. The van der Waals surface area contributed by atoms with E-state index in [1.165, 1.54) is 4.90 Å². The molecule has 7 nitrogen and oxygen atoms in total. The molecule has 1 heterocycles. The van der Waals surface area contributed by atoms with Gasteiger partial charge in [-0.25, -0.2) is 0 Å². The highest BCUT2D eigenvalue weighted by atomic mass is 16.5. The summed E-state index contributed by atoms with van der Waals surface area (Å²) in [6.07, 6.45) is 4.07. The fraction of sp³-hybridized carbons (Fsp3) is 0.464. The number of aryl methyl sites for hydroxylation is 1. The Hall–Kier alpha value is -3.19. The standard InChI is InChI=1S/C28H36N2O5/c1-2-3-18-35-28(34)25(16-14-21-10-6-4-7-11-21)29-24-17-15-23(22-12-8-5-9-13-22)19-30(27(24)33)20-26(31)32/h4-13,23-25,29H,2-3,14-20H2,1H3,(H,31,32)/t23?,24?,25-/m0/s1. The number of rotatable bonds is 12. The lowest BCUT2D eigenvalue weighted by Crippen LogP contribution is -2.52. The van der Waals surface area contributed by atoms with Crippen LogP contribution in [-0.4, -0.2) is 59.6 Å². The average molecular weight is 481 g/mol. The first-order chi connectivity index (χ1) is 17.0. The van der Waals surface area contributed by atoms with Gasteiger partial charge in [0.25, 0.3) is 0 Å². The van der Waals surface area contributed by atoms with Gasteiger partial charge in [0.2, 0.25) is 5.91 Å². The van der Waals surface area contributed by atoms with Crippen LogP contribution in [0.1, 0.15) is 56.1 Å². The van der Waals surface area contributed by atoms with Crippen molar-refractivity contribution in [3.63, 3.8) is 0 Å². The molecule has 2 aromatic rings.